The molecule has 0 aliphatic carbocycles. The van der Waals surface area contributed by atoms with Gasteiger partial charge in [0.05, 0.1) is 4.75 Å². The van der Waals surface area contributed by atoms with E-state index in [2.05, 4.69) is 39.6 Å². The fourth-order valence-corrected chi connectivity index (χ4v) is 4.01. The van der Waals surface area contributed by atoms with Crippen LogP contribution in [0.25, 0.3) is 0 Å². The molecule has 0 bridgehead atoms. The van der Waals surface area contributed by atoms with Gasteiger partial charge in [0.15, 0.2) is 0 Å². The molecule has 2 heterocycles. The molecule has 0 radical (unpaired) electrons. The second-order valence-electron chi connectivity index (χ2n) is 5.51. The first-order valence-electron chi connectivity index (χ1n) is 6.34. The largest absolute Gasteiger partial charge is 0.301 e. The van der Waals surface area contributed by atoms with Crippen molar-refractivity contribution in [3.63, 3.8) is 0 Å². The smallest absolute Gasteiger partial charge is 0.247 e. The highest BCUT2D eigenvalue weighted by Gasteiger charge is 2.58. The molecule has 1 amide bonds. The van der Waals surface area contributed by atoms with Crippen LogP contribution in [0.3, 0.4) is 0 Å². The van der Waals surface area contributed by atoms with Gasteiger partial charge in [0, 0.05) is 11.7 Å². The zero-order chi connectivity index (χ0) is 12.8. The Balaban J connectivity index is 2.01. The summed E-state index contributed by atoms with van der Waals surface area (Å²) in [5.41, 5.74) is 0.957. The number of fused-ring (bicyclic) bond motifs is 1. The van der Waals surface area contributed by atoms with Crippen LogP contribution in [0.5, 0.6) is 0 Å². The van der Waals surface area contributed by atoms with E-state index in [9.17, 15) is 4.79 Å². The topological polar surface area (TPSA) is 32.3 Å². The Hall–Kier alpha value is -0.480. The third-order valence-electron chi connectivity index (χ3n) is 3.63. The molecule has 1 unspecified atom stereocenters. The monoisotopic (exact) mass is 254 g/mol. The maximum absolute atomic E-state index is 12.1. The average Bonchev–Trinajstić information content (AvgIpc) is 2.45. The van der Waals surface area contributed by atoms with Gasteiger partial charge >= 0.3 is 0 Å². The standard InChI is InChI=1S/C13H22N2OS/c1-6-7-8(2)14-10-11(16)15-9(3)13(4,5)17-12(10)15/h8,10,12,14H,3,6-7H2,1-2,4-5H3/t8?,10-,12-/m1/s1. The van der Waals surface area contributed by atoms with Crippen molar-refractivity contribution < 1.29 is 4.79 Å². The first-order chi connectivity index (χ1) is 7.88. The molecular weight excluding hydrogens is 232 g/mol. The van der Waals surface area contributed by atoms with Gasteiger partial charge < -0.3 is 5.32 Å². The minimum Gasteiger partial charge on any atom is -0.301 e. The molecule has 2 saturated heterocycles. The number of hydrogen-bond acceptors (Lipinski definition) is 3. The van der Waals surface area contributed by atoms with Gasteiger partial charge in [0.2, 0.25) is 5.91 Å². The first-order valence-corrected chi connectivity index (χ1v) is 7.22. The maximum atomic E-state index is 12.1. The number of hydrogen-bond donors (Lipinski definition) is 1. The highest BCUT2D eigenvalue weighted by molar-refractivity contribution is 8.01. The Kier molecular flexibility index (Phi) is 3.29. The van der Waals surface area contributed by atoms with Crippen molar-refractivity contribution in [2.45, 2.75) is 62.7 Å². The molecule has 0 saturated carbocycles. The van der Waals surface area contributed by atoms with Crippen LogP contribution in [0.2, 0.25) is 0 Å². The molecule has 2 aliphatic rings. The fraction of sp³-hybridized carbons (Fsp3) is 0.769. The summed E-state index contributed by atoms with van der Waals surface area (Å²) < 4.78 is -0.00918. The van der Waals surface area contributed by atoms with Gasteiger partial charge in [-0.05, 0) is 27.2 Å². The predicted octanol–water partition coefficient (Wildman–Crippen LogP) is 2.34. The van der Waals surface area contributed by atoms with E-state index in [0.717, 1.165) is 18.5 Å². The van der Waals surface area contributed by atoms with Crippen LogP contribution < -0.4 is 5.32 Å². The Labute approximate surface area is 108 Å². The quantitative estimate of drug-likeness (QED) is 0.782. The third-order valence-corrected chi connectivity index (χ3v) is 5.18. The minimum atomic E-state index is -0.0138. The number of β-lactam (4-membered cyclic amide) rings is 1. The Morgan fingerprint density at radius 3 is 2.82 bits per heavy atom. The molecule has 0 aromatic heterocycles. The lowest BCUT2D eigenvalue weighted by molar-refractivity contribution is -0.142. The van der Waals surface area contributed by atoms with E-state index in [4.69, 9.17) is 0 Å². The normalized spacial score (nSPS) is 32.4. The van der Waals surface area contributed by atoms with Crippen LogP contribution in [0.15, 0.2) is 12.3 Å². The van der Waals surface area contributed by atoms with Crippen molar-refractivity contribution in [1.29, 1.82) is 0 Å². The third kappa shape index (κ3) is 2.02. The molecule has 1 N–H and O–H groups in total. The first kappa shape index (κ1) is 13.0. The number of nitrogens with zero attached hydrogens (tertiary/aromatic N) is 1. The fourth-order valence-electron chi connectivity index (χ4n) is 2.51. The second-order valence-corrected chi connectivity index (χ2v) is 7.25. The number of rotatable bonds is 4. The predicted molar refractivity (Wildman–Crippen MR) is 72.7 cm³/mol. The summed E-state index contributed by atoms with van der Waals surface area (Å²) >= 11 is 1.84. The van der Waals surface area contributed by atoms with E-state index in [1.54, 1.807) is 0 Å². The van der Waals surface area contributed by atoms with Crippen LogP contribution in [-0.4, -0.2) is 33.0 Å². The number of carbonyl (C=O) groups is 1. The Bertz CT molecular complexity index is 353. The highest BCUT2D eigenvalue weighted by Crippen LogP contribution is 2.52. The summed E-state index contributed by atoms with van der Waals surface area (Å²) in [4.78, 5) is 13.9. The Morgan fingerprint density at radius 2 is 2.24 bits per heavy atom. The van der Waals surface area contributed by atoms with E-state index in [-0.39, 0.29) is 22.1 Å². The van der Waals surface area contributed by atoms with Crippen molar-refractivity contribution in [2.24, 2.45) is 0 Å². The number of nitrogens with one attached hydrogen (secondary N) is 1. The van der Waals surface area contributed by atoms with E-state index in [1.165, 1.54) is 0 Å². The summed E-state index contributed by atoms with van der Waals surface area (Å²) in [6, 6.07) is 0.397. The summed E-state index contributed by atoms with van der Waals surface area (Å²) in [6.45, 7) is 12.6. The van der Waals surface area contributed by atoms with Crippen molar-refractivity contribution in [3.05, 3.63) is 12.3 Å². The number of amides is 1. The molecule has 17 heavy (non-hydrogen) atoms. The van der Waals surface area contributed by atoms with E-state index in [1.807, 2.05) is 16.7 Å². The molecule has 3 nitrogen and oxygen atoms in total. The molecule has 2 rings (SSSR count). The van der Waals surface area contributed by atoms with Gasteiger partial charge in [-0.3, -0.25) is 9.69 Å². The van der Waals surface area contributed by atoms with Gasteiger partial charge in [-0.1, -0.05) is 19.9 Å². The molecule has 3 atom stereocenters. The zero-order valence-electron chi connectivity index (χ0n) is 11.1. The van der Waals surface area contributed by atoms with E-state index in [0.29, 0.717) is 6.04 Å². The van der Waals surface area contributed by atoms with Crippen molar-refractivity contribution >= 4 is 17.7 Å². The van der Waals surface area contributed by atoms with Crippen LogP contribution in [0, 0.1) is 0 Å². The Morgan fingerprint density at radius 1 is 1.59 bits per heavy atom. The lowest BCUT2D eigenvalue weighted by atomic mass is 10.0. The molecule has 96 valence electrons. The summed E-state index contributed by atoms with van der Waals surface area (Å²) in [6.07, 6.45) is 2.26. The maximum Gasteiger partial charge on any atom is 0.247 e. The summed E-state index contributed by atoms with van der Waals surface area (Å²) in [7, 11) is 0. The lowest BCUT2D eigenvalue weighted by Crippen LogP contribution is -2.67. The molecule has 0 spiro atoms. The summed E-state index contributed by atoms with van der Waals surface area (Å²) in [5, 5.41) is 3.70. The molecule has 2 aliphatic heterocycles. The minimum absolute atomic E-state index is 0.00918. The number of carbonyl (C=O) groups excluding carboxylic acids is 1. The molecule has 2 fully saturated rings. The van der Waals surface area contributed by atoms with Gasteiger partial charge in [0.1, 0.15) is 11.4 Å². The lowest BCUT2D eigenvalue weighted by Gasteiger charge is -2.43. The SMILES string of the molecule is C=C1N2C(=O)[C@@H](NC(C)CCC)[C@H]2SC1(C)C. The van der Waals surface area contributed by atoms with Crippen molar-refractivity contribution in [3.8, 4) is 0 Å². The van der Waals surface area contributed by atoms with Crippen LogP contribution in [-0.2, 0) is 4.79 Å². The van der Waals surface area contributed by atoms with Gasteiger partial charge in [-0.25, -0.2) is 0 Å². The van der Waals surface area contributed by atoms with Gasteiger partial charge in [-0.2, -0.15) is 0 Å². The van der Waals surface area contributed by atoms with Crippen LogP contribution in [0.4, 0.5) is 0 Å². The molecule has 4 heteroatoms. The van der Waals surface area contributed by atoms with Gasteiger partial charge in [0.25, 0.3) is 0 Å². The second kappa shape index (κ2) is 4.32. The number of thioether (sulfide) groups is 1. The molecular formula is C13H22N2OS. The van der Waals surface area contributed by atoms with Crippen molar-refractivity contribution in [2.75, 3.05) is 0 Å². The molecule has 0 aromatic rings. The highest BCUT2D eigenvalue weighted by atomic mass is 32.2. The average molecular weight is 254 g/mol. The van der Waals surface area contributed by atoms with Gasteiger partial charge in [-0.15, -0.1) is 11.8 Å². The van der Waals surface area contributed by atoms with Crippen molar-refractivity contribution in [1.82, 2.24) is 10.2 Å². The van der Waals surface area contributed by atoms with E-state index < -0.39 is 0 Å². The summed E-state index contributed by atoms with van der Waals surface area (Å²) in [5.74, 6) is 0.195. The van der Waals surface area contributed by atoms with Crippen LogP contribution >= 0.6 is 11.8 Å². The van der Waals surface area contributed by atoms with Crippen LogP contribution in [0.1, 0.15) is 40.5 Å². The van der Waals surface area contributed by atoms with E-state index >= 15 is 0 Å². The molecule has 0 aromatic carbocycles. The zero-order valence-corrected chi connectivity index (χ0v) is 11.9.